The Kier molecular flexibility index (Phi) is 6.00. The topological polar surface area (TPSA) is 26.3 Å². The summed E-state index contributed by atoms with van der Waals surface area (Å²) in [6.07, 6.45) is 0.518. The van der Waals surface area contributed by atoms with Gasteiger partial charge in [-0.15, -0.1) is 0 Å². The molecule has 1 aromatic heterocycles. The van der Waals surface area contributed by atoms with Gasteiger partial charge in [0, 0.05) is 0 Å². The van der Waals surface area contributed by atoms with Crippen molar-refractivity contribution >= 4 is 62.3 Å². The molecule has 1 rings (SSSR count). The number of carbonyl (C=O) groups is 1. The Balaban J connectivity index is 2.28. The third-order valence-corrected chi connectivity index (χ3v) is 10.4. The Morgan fingerprint density at radius 3 is 3.08 bits per heavy atom. The van der Waals surface area contributed by atoms with E-state index in [1.807, 2.05) is 0 Å². The fourth-order valence-corrected chi connectivity index (χ4v) is 10.00. The molecular formula is C7H8O2SSe3. The van der Waals surface area contributed by atoms with Crippen LogP contribution >= 0.6 is 11.8 Å². The monoisotopic (exact) mass is 396 g/mol. The fourth-order valence-electron chi connectivity index (χ4n) is 0.627. The zero-order valence-electron chi connectivity index (χ0n) is 6.94. The molecule has 0 amide bonds. The zero-order valence-corrected chi connectivity index (χ0v) is 12.9. The molecule has 1 heterocycles. The van der Waals surface area contributed by atoms with Gasteiger partial charge >= 0.3 is 102 Å². The van der Waals surface area contributed by atoms with Crippen LogP contribution in [0.5, 0.6) is 0 Å². The van der Waals surface area contributed by atoms with Crippen LogP contribution in [-0.4, -0.2) is 63.4 Å². The summed E-state index contributed by atoms with van der Waals surface area (Å²) in [5.74, 6) is 0.736. The van der Waals surface area contributed by atoms with Gasteiger partial charge in [-0.3, -0.25) is 0 Å². The first-order valence-electron chi connectivity index (χ1n) is 3.50. The summed E-state index contributed by atoms with van der Waals surface area (Å²) in [4.78, 5) is 13.1. The second kappa shape index (κ2) is 6.47. The van der Waals surface area contributed by atoms with Gasteiger partial charge in [0.1, 0.15) is 0 Å². The molecule has 0 radical (unpaired) electrons. The van der Waals surface area contributed by atoms with Gasteiger partial charge in [0.2, 0.25) is 0 Å². The molecule has 0 unspecified atom stereocenters. The molecule has 72 valence electrons. The van der Waals surface area contributed by atoms with Crippen LogP contribution in [0.1, 0.15) is 6.42 Å². The molecule has 0 saturated carbocycles. The molecule has 0 aliphatic carbocycles. The third kappa shape index (κ3) is 4.85. The van der Waals surface area contributed by atoms with E-state index in [0.29, 0.717) is 35.4 Å². The van der Waals surface area contributed by atoms with Crippen LogP contribution in [0.15, 0.2) is 8.71 Å². The van der Waals surface area contributed by atoms with Gasteiger partial charge in [-0.2, -0.15) is 0 Å². The third-order valence-electron chi connectivity index (χ3n) is 1.21. The molecule has 0 aliphatic heterocycles. The molecule has 0 fully saturated rings. The average Bonchev–Trinajstić information content (AvgIpc) is 2.51. The molecule has 0 aliphatic rings. The first-order chi connectivity index (χ1) is 6.22. The molecule has 0 aromatic carbocycles. The molecule has 6 heteroatoms. The summed E-state index contributed by atoms with van der Waals surface area (Å²) in [5, 5.41) is 0. The average molecular weight is 393 g/mol. The Morgan fingerprint density at radius 1 is 1.77 bits per heavy atom. The number of esters is 1. The summed E-state index contributed by atoms with van der Waals surface area (Å²) in [6.45, 7) is 0. The van der Waals surface area contributed by atoms with Crippen LogP contribution in [0.25, 0.3) is 0 Å². The maximum atomic E-state index is 10.8. The predicted octanol–water partition coefficient (Wildman–Crippen LogP) is 0.156. The molecule has 0 N–H and O–H groups in total. The van der Waals surface area contributed by atoms with E-state index in [9.17, 15) is 4.79 Å². The minimum atomic E-state index is -0.114. The van der Waals surface area contributed by atoms with Crippen molar-refractivity contribution in [3.05, 3.63) is 6.75 Å². The van der Waals surface area contributed by atoms with Crippen molar-refractivity contribution < 1.29 is 9.53 Å². The van der Waals surface area contributed by atoms with E-state index in [1.165, 1.54) is 12.7 Å². The molecule has 0 atom stereocenters. The fraction of sp³-hybridized carbons (Fsp3) is 0.429. The predicted molar refractivity (Wildman–Crippen MR) is 56.7 cm³/mol. The minimum absolute atomic E-state index is 0.114. The van der Waals surface area contributed by atoms with E-state index >= 15 is 0 Å². The van der Waals surface area contributed by atoms with Crippen molar-refractivity contribution in [1.29, 1.82) is 0 Å². The first kappa shape index (κ1) is 12.1. The van der Waals surface area contributed by atoms with Gasteiger partial charge in [-0.1, -0.05) is 0 Å². The van der Waals surface area contributed by atoms with Crippen molar-refractivity contribution in [2.45, 2.75) is 10.2 Å². The molecule has 13 heavy (non-hydrogen) atoms. The van der Waals surface area contributed by atoms with Crippen molar-refractivity contribution in [3.8, 4) is 0 Å². The number of rotatable bonds is 4. The molecule has 2 nitrogen and oxygen atoms in total. The van der Waals surface area contributed by atoms with E-state index < -0.39 is 0 Å². The number of thioether (sulfide) groups is 1. The number of hydrogen-bond acceptors (Lipinski definition) is 3. The van der Waals surface area contributed by atoms with Crippen molar-refractivity contribution in [2.24, 2.45) is 0 Å². The quantitative estimate of drug-likeness (QED) is 0.414. The molecule has 1 aromatic rings. The Labute approximate surface area is 101 Å². The van der Waals surface area contributed by atoms with E-state index in [0.717, 1.165) is 5.75 Å². The number of carbonyl (C=O) groups excluding carboxylic acids is 1. The second-order valence-corrected chi connectivity index (χ2v) is 12.6. The van der Waals surface area contributed by atoms with Gasteiger partial charge in [0.05, 0.1) is 0 Å². The normalized spacial score (nSPS) is 9.92. The van der Waals surface area contributed by atoms with Crippen LogP contribution < -0.4 is 0 Å². The van der Waals surface area contributed by atoms with Crippen LogP contribution in [0.3, 0.4) is 0 Å². The van der Waals surface area contributed by atoms with Gasteiger partial charge < -0.3 is 0 Å². The molecule has 0 saturated heterocycles. The van der Waals surface area contributed by atoms with Gasteiger partial charge in [0.25, 0.3) is 0 Å². The number of methoxy groups -OCH3 is 1. The van der Waals surface area contributed by atoms with Gasteiger partial charge in [0.15, 0.2) is 0 Å². The second-order valence-electron chi connectivity index (χ2n) is 2.08. The summed E-state index contributed by atoms with van der Waals surface area (Å²) in [5.41, 5.74) is 0. The van der Waals surface area contributed by atoms with Gasteiger partial charge in [-0.25, -0.2) is 0 Å². The molecular weight excluding hydrogens is 385 g/mol. The summed E-state index contributed by atoms with van der Waals surface area (Å²) >= 11 is 6.01. The summed E-state index contributed by atoms with van der Waals surface area (Å²) in [7, 11) is 1.43. The van der Waals surface area contributed by atoms with E-state index in [-0.39, 0.29) is 5.97 Å². The molecule has 0 bridgehead atoms. The molecule has 0 spiro atoms. The van der Waals surface area contributed by atoms with Crippen LogP contribution in [0, 0.1) is 1.81 Å². The van der Waals surface area contributed by atoms with Crippen molar-refractivity contribution in [1.82, 2.24) is 0 Å². The van der Waals surface area contributed by atoms with Crippen LogP contribution in [0.4, 0.5) is 0 Å². The summed E-state index contributed by atoms with van der Waals surface area (Å²) < 4.78 is 7.54. The summed E-state index contributed by atoms with van der Waals surface area (Å²) in [6, 6.07) is 0. The van der Waals surface area contributed by atoms with E-state index in [4.69, 9.17) is 0 Å². The number of hydrogen-bond donors (Lipinski definition) is 0. The first-order valence-corrected chi connectivity index (χ1v) is 8.90. The van der Waals surface area contributed by atoms with Gasteiger partial charge in [-0.05, 0) is 0 Å². The Morgan fingerprint density at radius 2 is 2.54 bits per heavy atom. The SMILES string of the molecule is COC(=O)CCSc1c[se]c(=[Se])[se]1. The Bertz CT molecular complexity index is 330. The van der Waals surface area contributed by atoms with E-state index in [2.05, 4.69) is 25.3 Å². The van der Waals surface area contributed by atoms with Crippen molar-refractivity contribution in [2.75, 3.05) is 12.9 Å². The van der Waals surface area contributed by atoms with Crippen molar-refractivity contribution in [3.63, 3.8) is 0 Å². The maximum absolute atomic E-state index is 10.8. The standard InChI is InChI=1S/C7H8O2SSe3/c1-9-5(8)2-3-10-6-4-12-7(11)13-6/h4H,2-3H2,1H3. The van der Waals surface area contributed by atoms with Crippen LogP contribution in [-0.2, 0) is 9.53 Å². The Hall–Kier alpha value is 0.988. The number of ether oxygens (including phenoxy) is 1. The van der Waals surface area contributed by atoms with E-state index in [1.54, 1.807) is 11.8 Å². The zero-order chi connectivity index (χ0) is 9.68. The van der Waals surface area contributed by atoms with Crippen LogP contribution in [0.2, 0.25) is 0 Å².